The van der Waals surface area contributed by atoms with Gasteiger partial charge in [0.15, 0.2) is 5.13 Å². The zero-order valence-electron chi connectivity index (χ0n) is 10.2. The minimum Gasteiger partial charge on any atom is -0.301 e. The summed E-state index contributed by atoms with van der Waals surface area (Å²) in [4.78, 5) is 16.0. The summed E-state index contributed by atoms with van der Waals surface area (Å²) >= 11 is 10.7. The second-order valence-electron chi connectivity index (χ2n) is 4.10. The summed E-state index contributed by atoms with van der Waals surface area (Å²) < 4.78 is 2.02. The molecule has 96 valence electrons. The van der Waals surface area contributed by atoms with Crippen molar-refractivity contribution in [2.24, 2.45) is 0 Å². The molecule has 2 aromatic rings. The number of carbonyl (C=O) groups excluding carboxylic acids is 1. The first-order chi connectivity index (χ1) is 8.40. The number of hydrogen-bond acceptors (Lipinski definition) is 3. The van der Waals surface area contributed by atoms with E-state index in [-0.39, 0.29) is 5.91 Å². The molecule has 1 aromatic carbocycles. The molecule has 6 heteroatoms. The molecule has 0 fully saturated rings. The molecule has 0 saturated carbocycles. The summed E-state index contributed by atoms with van der Waals surface area (Å²) in [5, 5.41) is 2.73. The molecule has 0 radical (unpaired) electrons. The highest BCUT2D eigenvalue weighted by atomic mass is 79.9. The molecule has 0 saturated heterocycles. The number of aromatic nitrogens is 1. The Morgan fingerprint density at radius 2 is 2.22 bits per heavy atom. The van der Waals surface area contributed by atoms with E-state index >= 15 is 0 Å². The van der Waals surface area contributed by atoms with E-state index in [1.807, 2.05) is 6.07 Å². The molecular formula is C12H12BrClN2OS. The third-order valence-corrected chi connectivity index (χ3v) is 4.61. The first kappa shape index (κ1) is 13.8. The number of amides is 1. The van der Waals surface area contributed by atoms with E-state index in [0.29, 0.717) is 5.13 Å². The van der Waals surface area contributed by atoms with Gasteiger partial charge >= 0.3 is 0 Å². The van der Waals surface area contributed by atoms with Crippen LogP contribution in [0.15, 0.2) is 10.5 Å². The fraction of sp³-hybridized carbons (Fsp3) is 0.333. The minimum atomic E-state index is -0.566. The lowest BCUT2D eigenvalue weighted by Gasteiger charge is -2.01. The van der Waals surface area contributed by atoms with E-state index in [4.69, 9.17) is 11.6 Å². The van der Waals surface area contributed by atoms with E-state index in [0.717, 1.165) is 14.7 Å². The highest BCUT2D eigenvalue weighted by molar-refractivity contribution is 9.10. The van der Waals surface area contributed by atoms with Gasteiger partial charge in [-0.15, -0.1) is 11.6 Å². The van der Waals surface area contributed by atoms with Crippen molar-refractivity contribution in [3.63, 3.8) is 0 Å². The van der Waals surface area contributed by atoms with Crippen molar-refractivity contribution in [1.29, 1.82) is 0 Å². The Morgan fingerprint density at radius 1 is 1.56 bits per heavy atom. The number of aryl methyl sites for hydroxylation is 2. The zero-order chi connectivity index (χ0) is 13.4. The van der Waals surface area contributed by atoms with Crippen molar-refractivity contribution < 1.29 is 4.79 Å². The molecule has 18 heavy (non-hydrogen) atoms. The quantitative estimate of drug-likeness (QED) is 0.826. The number of halogens is 2. The van der Waals surface area contributed by atoms with Crippen molar-refractivity contribution in [2.45, 2.75) is 26.1 Å². The van der Waals surface area contributed by atoms with Gasteiger partial charge in [-0.05, 0) is 53.9 Å². The number of hydrogen-bond donors (Lipinski definition) is 1. The summed E-state index contributed by atoms with van der Waals surface area (Å²) in [6, 6.07) is 2.03. The van der Waals surface area contributed by atoms with E-state index in [1.54, 1.807) is 6.92 Å². The molecule has 0 aliphatic rings. The number of anilines is 1. The lowest BCUT2D eigenvalue weighted by Crippen LogP contribution is -2.19. The van der Waals surface area contributed by atoms with Crippen molar-refractivity contribution in [1.82, 2.24) is 4.98 Å². The first-order valence-corrected chi connectivity index (χ1v) is 7.46. The third-order valence-electron chi connectivity index (χ3n) is 2.72. The Hall–Kier alpha value is -0.650. The summed E-state index contributed by atoms with van der Waals surface area (Å²) in [5.41, 5.74) is 3.26. The molecule has 1 amide bonds. The molecule has 1 atom stereocenters. The van der Waals surface area contributed by atoms with E-state index in [1.165, 1.54) is 22.5 Å². The first-order valence-electron chi connectivity index (χ1n) is 5.41. The molecule has 0 aliphatic carbocycles. The molecule has 0 bridgehead atoms. The highest BCUT2D eigenvalue weighted by Gasteiger charge is 2.15. The monoisotopic (exact) mass is 346 g/mol. The predicted octanol–water partition coefficient (Wildman–Crippen LogP) is 4.24. The molecular weight excluding hydrogens is 336 g/mol. The van der Waals surface area contributed by atoms with Crippen LogP contribution >= 0.6 is 38.9 Å². The van der Waals surface area contributed by atoms with Crippen molar-refractivity contribution >= 4 is 60.1 Å². The number of benzene rings is 1. The number of fused-ring (bicyclic) bond motifs is 1. The molecule has 1 aromatic heterocycles. The smallest absolute Gasteiger partial charge is 0.243 e. The van der Waals surface area contributed by atoms with Gasteiger partial charge in [-0.1, -0.05) is 11.3 Å². The Morgan fingerprint density at radius 3 is 2.83 bits per heavy atom. The normalized spacial score (nSPS) is 12.7. The van der Waals surface area contributed by atoms with Crippen LogP contribution in [0, 0.1) is 13.8 Å². The number of alkyl halides is 1. The molecule has 2 rings (SSSR count). The summed E-state index contributed by atoms with van der Waals surface area (Å²) in [6.45, 7) is 5.74. The maximum Gasteiger partial charge on any atom is 0.243 e. The summed E-state index contributed by atoms with van der Waals surface area (Å²) in [5.74, 6) is -0.235. The lowest BCUT2D eigenvalue weighted by atomic mass is 10.1. The van der Waals surface area contributed by atoms with Crippen LogP contribution in [0.3, 0.4) is 0 Å². The SMILES string of the molecule is Cc1cc(Br)c2nc(NC(=O)[C@H](C)Cl)sc2c1C. The van der Waals surface area contributed by atoms with Gasteiger partial charge in [0.2, 0.25) is 5.91 Å². The number of nitrogens with zero attached hydrogens (tertiary/aromatic N) is 1. The van der Waals surface area contributed by atoms with Crippen LogP contribution in [0.2, 0.25) is 0 Å². The molecule has 0 spiro atoms. The van der Waals surface area contributed by atoms with Crippen LogP contribution in [-0.2, 0) is 4.79 Å². The molecule has 1 heterocycles. The van der Waals surface area contributed by atoms with Gasteiger partial charge in [0, 0.05) is 4.47 Å². The maximum absolute atomic E-state index is 11.5. The zero-order valence-corrected chi connectivity index (χ0v) is 13.3. The van der Waals surface area contributed by atoms with Gasteiger partial charge in [-0.3, -0.25) is 4.79 Å². The number of carbonyl (C=O) groups is 1. The summed E-state index contributed by atoms with van der Waals surface area (Å²) in [7, 11) is 0. The summed E-state index contributed by atoms with van der Waals surface area (Å²) in [6.07, 6.45) is 0. The van der Waals surface area contributed by atoms with E-state index in [2.05, 4.69) is 40.1 Å². The van der Waals surface area contributed by atoms with Gasteiger partial charge < -0.3 is 5.32 Å². The number of rotatable bonds is 2. The van der Waals surface area contributed by atoms with E-state index < -0.39 is 5.38 Å². The van der Waals surface area contributed by atoms with Crippen LogP contribution in [0.1, 0.15) is 18.1 Å². The fourth-order valence-corrected chi connectivity index (χ4v) is 3.40. The topological polar surface area (TPSA) is 42.0 Å². The molecule has 0 aliphatic heterocycles. The largest absolute Gasteiger partial charge is 0.301 e. The van der Waals surface area contributed by atoms with Crippen molar-refractivity contribution in [3.05, 3.63) is 21.7 Å². The lowest BCUT2D eigenvalue weighted by molar-refractivity contribution is -0.115. The van der Waals surface area contributed by atoms with Crippen LogP contribution in [0.4, 0.5) is 5.13 Å². The van der Waals surface area contributed by atoms with Gasteiger partial charge in [0.25, 0.3) is 0 Å². The average molecular weight is 348 g/mol. The molecule has 1 N–H and O–H groups in total. The Bertz CT molecular complexity index is 624. The molecule has 0 unspecified atom stereocenters. The van der Waals surface area contributed by atoms with Gasteiger partial charge in [-0.25, -0.2) is 4.98 Å². The van der Waals surface area contributed by atoms with Crippen LogP contribution in [0.25, 0.3) is 10.2 Å². The number of thiazole rings is 1. The van der Waals surface area contributed by atoms with Gasteiger partial charge in [0.1, 0.15) is 5.38 Å². The van der Waals surface area contributed by atoms with Gasteiger partial charge in [0.05, 0.1) is 10.2 Å². The predicted molar refractivity (Wildman–Crippen MR) is 80.7 cm³/mol. The number of nitrogens with one attached hydrogen (secondary N) is 1. The highest BCUT2D eigenvalue weighted by Crippen LogP contribution is 2.35. The Balaban J connectivity index is 2.48. The van der Waals surface area contributed by atoms with Crippen LogP contribution in [0.5, 0.6) is 0 Å². The second kappa shape index (κ2) is 5.15. The van der Waals surface area contributed by atoms with Gasteiger partial charge in [-0.2, -0.15) is 0 Å². The standard InChI is InChI=1S/C12H12BrClN2OS/c1-5-4-8(13)9-10(6(5)2)18-12(15-9)16-11(17)7(3)14/h4,7H,1-3H3,(H,15,16,17)/t7-/m0/s1. The van der Waals surface area contributed by atoms with Crippen molar-refractivity contribution in [3.8, 4) is 0 Å². The van der Waals surface area contributed by atoms with Crippen LogP contribution < -0.4 is 5.32 Å². The third kappa shape index (κ3) is 2.53. The van der Waals surface area contributed by atoms with Crippen LogP contribution in [-0.4, -0.2) is 16.3 Å². The van der Waals surface area contributed by atoms with Crippen molar-refractivity contribution in [2.75, 3.05) is 5.32 Å². The average Bonchev–Trinajstić information content (AvgIpc) is 2.70. The second-order valence-corrected chi connectivity index (χ2v) is 6.61. The minimum absolute atomic E-state index is 0.235. The molecule has 3 nitrogen and oxygen atoms in total. The fourth-order valence-electron chi connectivity index (χ4n) is 1.54. The Kier molecular flexibility index (Phi) is 3.94. The van der Waals surface area contributed by atoms with E-state index in [9.17, 15) is 4.79 Å². The maximum atomic E-state index is 11.5. The Labute approximate surface area is 123 Å².